The molecular weight excluding hydrogens is 250 g/mol. The van der Waals surface area contributed by atoms with Gasteiger partial charge in [0, 0.05) is 0 Å². The largest absolute Gasteiger partial charge is 0.506 e. The summed E-state index contributed by atoms with van der Waals surface area (Å²) in [6.07, 6.45) is 2.57. The van der Waals surface area contributed by atoms with Crippen molar-refractivity contribution < 1.29 is 19.4 Å². The van der Waals surface area contributed by atoms with Gasteiger partial charge in [-0.2, -0.15) is 0 Å². The van der Waals surface area contributed by atoms with Crippen molar-refractivity contribution >= 4 is 11.7 Å². The van der Waals surface area contributed by atoms with Crippen LogP contribution in [0.2, 0.25) is 0 Å². The standard InChI is InChI=1S/C12H11N3O4/c1-18-12(17)7-5-14-6-10(15-7)19-9-4-2-3-8(16)11(9)13/h2-6,16H,13H2,1H3. The maximum atomic E-state index is 11.3. The molecule has 7 heteroatoms. The molecule has 0 saturated carbocycles. The lowest BCUT2D eigenvalue weighted by Crippen LogP contribution is -2.05. The van der Waals surface area contributed by atoms with Crippen LogP contribution in [-0.4, -0.2) is 28.2 Å². The highest BCUT2D eigenvalue weighted by Gasteiger charge is 2.11. The number of benzene rings is 1. The number of aromatic nitrogens is 2. The van der Waals surface area contributed by atoms with Crippen molar-refractivity contribution in [3.05, 3.63) is 36.3 Å². The summed E-state index contributed by atoms with van der Waals surface area (Å²) in [5, 5.41) is 9.44. The van der Waals surface area contributed by atoms with E-state index in [2.05, 4.69) is 14.7 Å². The van der Waals surface area contributed by atoms with Crippen molar-refractivity contribution in [2.45, 2.75) is 0 Å². The molecule has 98 valence electrons. The Bertz CT molecular complexity index is 616. The lowest BCUT2D eigenvalue weighted by molar-refractivity contribution is 0.0592. The third kappa shape index (κ3) is 2.71. The van der Waals surface area contributed by atoms with Crippen LogP contribution in [0.25, 0.3) is 0 Å². The monoisotopic (exact) mass is 261 g/mol. The second kappa shape index (κ2) is 5.21. The second-order valence-corrected chi connectivity index (χ2v) is 3.53. The van der Waals surface area contributed by atoms with Crippen LogP contribution in [0.4, 0.5) is 5.69 Å². The van der Waals surface area contributed by atoms with Gasteiger partial charge in [-0.1, -0.05) is 6.07 Å². The molecule has 0 fully saturated rings. The number of phenols is 1. The Balaban J connectivity index is 2.28. The molecule has 1 aromatic carbocycles. The maximum absolute atomic E-state index is 11.3. The van der Waals surface area contributed by atoms with E-state index in [0.717, 1.165) is 0 Å². The Morgan fingerprint density at radius 2 is 2.16 bits per heavy atom. The van der Waals surface area contributed by atoms with Crippen molar-refractivity contribution in [2.75, 3.05) is 12.8 Å². The molecule has 19 heavy (non-hydrogen) atoms. The fraction of sp³-hybridized carbons (Fsp3) is 0.0833. The predicted molar refractivity (Wildman–Crippen MR) is 66.0 cm³/mol. The van der Waals surface area contributed by atoms with Gasteiger partial charge in [0.05, 0.1) is 19.5 Å². The summed E-state index contributed by atoms with van der Waals surface area (Å²) in [4.78, 5) is 19.0. The van der Waals surface area contributed by atoms with Gasteiger partial charge in [0.2, 0.25) is 5.88 Å². The number of carbonyl (C=O) groups excluding carboxylic acids is 1. The van der Waals surface area contributed by atoms with Crippen molar-refractivity contribution in [1.29, 1.82) is 0 Å². The van der Waals surface area contributed by atoms with Crippen molar-refractivity contribution in [3.8, 4) is 17.4 Å². The zero-order valence-electron chi connectivity index (χ0n) is 10.0. The van der Waals surface area contributed by atoms with Gasteiger partial charge in [-0.15, -0.1) is 0 Å². The van der Waals surface area contributed by atoms with Gasteiger partial charge < -0.3 is 20.3 Å². The minimum Gasteiger partial charge on any atom is -0.506 e. The average molecular weight is 261 g/mol. The molecule has 0 bridgehead atoms. The van der Waals surface area contributed by atoms with E-state index >= 15 is 0 Å². The Morgan fingerprint density at radius 1 is 1.37 bits per heavy atom. The van der Waals surface area contributed by atoms with E-state index in [4.69, 9.17) is 10.5 Å². The lowest BCUT2D eigenvalue weighted by Gasteiger charge is -2.08. The van der Waals surface area contributed by atoms with E-state index in [1.165, 1.54) is 25.6 Å². The van der Waals surface area contributed by atoms with Crippen LogP contribution < -0.4 is 10.5 Å². The Hall–Kier alpha value is -2.83. The quantitative estimate of drug-likeness (QED) is 0.487. The molecule has 7 nitrogen and oxygen atoms in total. The Labute approximate surface area is 108 Å². The van der Waals surface area contributed by atoms with Crippen LogP contribution in [0.1, 0.15) is 10.5 Å². The number of para-hydroxylation sites is 1. The Kier molecular flexibility index (Phi) is 3.46. The van der Waals surface area contributed by atoms with Crippen LogP contribution in [0.3, 0.4) is 0 Å². The third-order valence-corrected chi connectivity index (χ3v) is 2.26. The molecule has 1 heterocycles. The summed E-state index contributed by atoms with van der Waals surface area (Å²) in [5.41, 5.74) is 5.73. The number of nitrogen functional groups attached to an aromatic ring is 1. The summed E-state index contributed by atoms with van der Waals surface area (Å²) in [5.74, 6) is -0.437. The number of methoxy groups -OCH3 is 1. The fourth-order valence-corrected chi connectivity index (χ4v) is 1.33. The number of hydrogen-bond donors (Lipinski definition) is 2. The third-order valence-electron chi connectivity index (χ3n) is 2.26. The van der Waals surface area contributed by atoms with Gasteiger partial charge in [-0.3, -0.25) is 4.98 Å². The summed E-state index contributed by atoms with van der Waals surface area (Å²) < 4.78 is 9.88. The van der Waals surface area contributed by atoms with Gasteiger partial charge in [-0.05, 0) is 12.1 Å². The van der Waals surface area contributed by atoms with E-state index in [9.17, 15) is 9.90 Å². The normalized spacial score (nSPS) is 9.95. The van der Waals surface area contributed by atoms with Crippen molar-refractivity contribution in [3.63, 3.8) is 0 Å². The highest BCUT2D eigenvalue weighted by atomic mass is 16.5. The first kappa shape index (κ1) is 12.6. The number of anilines is 1. The smallest absolute Gasteiger partial charge is 0.358 e. The molecule has 2 aromatic rings. The summed E-state index contributed by atoms with van der Waals surface area (Å²) in [6.45, 7) is 0. The summed E-state index contributed by atoms with van der Waals surface area (Å²) >= 11 is 0. The second-order valence-electron chi connectivity index (χ2n) is 3.53. The Morgan fingerprint density at radius 3 is 2.89 bits per heavy atom. The van der Waals surface area contributed by atoms with Crippen LogP contribution in [0, 0.1) is 0 Å². The molecule has 0 unspecified atom stereocenters. The lowest BCUT2D eigenvalue weighted by atomic mass is 10.3. The van der Waals surface area contributed by atoms with Gasteiger partial charge >= 0.3 is 5.97 Å². The van der Waals surface area contributed by atoms with E-state index in [1.807, 2.05) is 0 Å². The van der Waals surface area contributed by atoms with Gasteiger partial charge in [0.15, 0.2) is 11.4 Å². The van der Waals surface area contributed by atoms with Gasteiger partial charge in [0.1, 0.15) is 11.4 Å². The molecule has 3 N–H and O–H groups in total. The molecule has 0 aliphatic rings. The molecule has 0 aliphatic heterocycles. The number of hydrogen-bond acceptors (Lipinski definition) is 7. The molecular formula is C12H11N3O4. The number of carbonyl (C=O) groups is 1. The number of nitrogens with zero attached hydrogens (tertiary/aromatic N) is 2. The van der Waals surface area contributed by atoms with E-state index < -0.39 is 5.97 Å². The molecule has 0 saturated heterocycles. The number of phenolic OH excluding ortho intramolecular Hbond substituents is 1. The summed E-state index contributed by atoms with van der Waals surface area (Å²) in [6, 6.07) is 4.55. The summed E-state index contributed by atoms with van der Waals surface area (Å²) in [7, 11) is 1.24. The molecule has 0 amide bonds. The molecule has 0 aliphatic carbocycles. The minimum atomic E-state index is -0.623. The van der Waals surface area contributed by atoms with Gasteiger partial charge in [0.25, 0.3) is 0 Å². The fourth-order valence-electron chi connectivity index (χ4n) is 1.33. The molecule has 2 rings (SSSR count). The van der Waals surface area contributed by atoms with Crippen LogP contribution in [0.5, 0.6) is 17.4 Å². The zero-order chi connectivity index (χ0) is 13.8. The van der Waals surface area contributed by atoms with Crippen molar-refractivity contribution in [1.82, 2.24) is 9.97 Å². The number of nitrogens with two attached hydrogens (primary N) is 1. The minimum absolute atomic E-state index is 0.0127. The van der Waals surface area contributed by atoms with E-state index in [1.54, 1.807) is 12.1 Å². The van der Waals surface area contributed by atoms with Crippen LogP contribution in [0.15, 0.2) is 30.6 Å². The zero-order valence-corrected chi connectivity index (χ0v) is 10.0. The first-order valence-electron chi connectivity index (χ1n) is 5.27. The molecule has 0 radical (unpaired) electrons. The van der Waals surface area contributed by atoms with Crippen molar-refractivity contribution in [2.24, 2.45) is 0 Å². The van der Waals surface area contributed by atoms with Crippen LogP contribution in [-0.2, 0) is 4.74 Å². The van der Waals surface area contributed by atoms with E-state index in [0.29, 0.717) is 0 Å². The molecule has 1 aromatic heterocycles. The van der Waals surface area contributed by atoms with Crippen LogP contribution >= 0.6 is 0 Å². The first-order chi connectivity index (χ1) is 9.11. The SMILES string of the molecule is COC(=O)c1cncc(Oc2cccc(O)c2N)n1. The predicted octanol–water partition coefficient (Wildman–Crippen LogP) is 1.34. The highest BCUT2D eigenvalue weighted by Crippen LogP contribution is 2.32. The maximum Gasteiger partial charge on any atom is 0.358 e. The molecule has 0 atom stereocenters. The highest BCUT2D eigenvalue weighted by molar-refractivity contribution is 5.86. The number of esters is 1. The molecule has 0 spiro atoms. The average Bonchev–Trinajstić information content (AvgIpc) is 2.43. The number of aromatic hydroxyl groups is 1. The first-order valence-corrected chi connectivity index (χ1v) is 5.27. The van der Waals surface area contributed by atoms with Gasteiger partial charge in [-0.25, -0.2) is 9.78 Å². The number of ether oxygens (including phenoxy) is 2. The number of rotatable bonds is 3. The topological polar surface area (TPSA) is 108 Å². The van der Waals surface area contributed by atoms with E-state index in [-0.39, 0.29) is 28.8 Å².